The summed E-state index contributed by atoms with van der Waals surface area (Å²) in [7, 11) is 0. The monoisotopic (exact) mass is 321 g/mol. The second-order valence-corrected chi connectivity index (χ2v) is 7.00. The summed E-state index contributed by atoms with van der Waals surface area (Å²) in [6.07, 6.45) is 0. The Balaban J connectivity index is 1.74. The van der Waals surface area contributed by atoms with Crippen molar-refractivity contribution < 1.29 is 4.79 Å². The van der Waals surface area contributed by atoms with Crippen molar-refractivity contribution in [3.63, 3.8) is 0 Å². The van der Waals surface area contributed by atoms with Crippen molar-refractivity contribution in [2.24, 2.45) is 0 Å². The second-order valence-electron chi connectivity index (χ2n) is 5.59. The van der Waals surface area contributed by atoms with Crippen molar-refractivity contribution in [2.45, 2.75) is 24.0 Å². The van der Waals surface area contributed by atoms with E-state index in [0.29, 0.717) is 0 Å². The molecule has 0 unspecified atom stereocenters. The normalized spacial score (nSPS) is 12.1. The van der Waals surface area contributed by atoms with Crippen molar-refractivity contribution in [2.75, 3.05) is 5.32 Å². The predicted octanol–water partition coefficient (Wildman–Crippen LogP) is 5.27. The Morgan fingerprint density at radius 2 is 1.65 bits per heavy atom. The van der Waals surface area contributed by atoms with Crippen LogP contribution in [-0.2, 0) is 4.79 Å². The van der Waals surface area contributed by atoms with E-state index >= 15 is 0 Å². The van der Waals surface area contributed by atoms with Gasteiger partial charge in [0.2, 0.25) is 5.91 Å². The summed E-state index contributed by atoms with van der Waals surface area (Å²) in [5, 5.41) is 5.10. The zero-order valence-corrected chi connectivity index (χ0v) is 14.1. The topological polar surface area (TPSA) is 29.1 Å². The number of thioether (sulfide) groups is 1. The predicted molar refractivity (Wildman–Crippen MR) is 99.1 cm³/mol. The molecular weight excluding hydrogens is 302 g/mol. The maximum absolute atomic E-state index is 12.5. The van der Waals surface area contributed by atoms with E-state index in [0.717, 1.165) is 21.4 Å². The molecule has 3 heteroatoms. The highest BCUT2D eigenvalue weighted by Gasteiger charge is 2.15. The van der Waals surface area contributed by atoms with Crippen LogP contribution in [0.15, 0.2) is 71.6 Å². The number of rotatable bonds is 4. The van der Waals surface area contributed by atoms with E-state index in [4.69, 9.17) is 0 Å². The van der Waals surface area contributed by atoms with Crippen LogP contribution in [0.5, 0.6) is 0 Å². The van der Waals surface area contributed by atoms with E-state index in [-0.39, 0.29) is 11.2 Å². The van der Waals surface area contributed by atoms with E-state index in [1.54, 1.807) is 11.8 Å². The van der Waals surface area contributed by atoms with Crippen LogP contribution in [0, 0.1) is 6.92 Å². The van der Waals surface area contributed by atoms with Gasteiger partial charge in [0, 0.05) is 16.0 Å². The Morgan fingerprint density at radius 1 is 0.957 bits per heavy atom. The Labute approximate surface area is 140 Å². The standard InChI is InChI=1S/C20H19NOS/c1-14-10-12-17(13-11-14)23-15(2)20(22)21-19-9-5-7-16-6-3-4-8-18(16)19/h3-13,15H,1-2H3,(H,21,22)/t15-/m0/s1. The molecule has 23 heavy (non-hydrogen) atoms. The lowest BCUT2D eigenvalue weighted by Crippen LogP contribution is -2.22. The van der Waals surface area contributed by atoms with Crippen LogP contribution in [0.1, 0.15) is 12.5 Å². The quantitative estimate of drug-likeness (QED) is 0.663. The van der Waals surface area contributed by atoms with Crippen molar-refractivity contribution in [3.8, 4) is 0 Å². The van der Waals surface area contributed by atoms with Crippen molar-refractivity contribution in [1.82, 2.24) is 0 Å². The van der Waals surface area contributed by atoms with Crippen LogP contribution in [0.2, 0.25) is 0 Å². The molecule has 0 fully saturated rings. The van der Waals surface area contributed by atoms with Gasteiger partial charge in [0.05, 0.1) is 5.25 Å². The van der Waals surface area contributed by atoms with Crippen LogP contribution in [0.4, 0.5) is 5.69 Å². The van der Waals surface area contributed by atoms with Crippen LogP contribution in [0.25, 0.3) is 10.8 Å². The molecule has 0 heterocycles. The van der Waals surface area contributed by atoms with Crippen LogP contribution >= 0.6 is 11.8 Å². The minimum Gasteiger partial charge on any atom is -0.325 e. The van der Waals surface area contributed by atoms with Crippen LogP contribution in [-0.4, -0.2) is 11.2 Å². The first-order valence-corrected chi connectivity index (χ1v) is 8.53. The number of anilines is 1. The van der Waals surface area contributed by atoms with Crippen molar-refractivity contribution in [1.29, 1.82) is 0 Å². The first-order valence-electron chi connectivity index (χ1n) is 7.65. The van der Waals surface area contributed by atoms with Gasteiger partial charge in [-0.1, -0.05) is 54.1 Å². The highest BCUT2D eigenvalue weighted by molar-refractivity contribution is 8.00. The molecule has 3 rings (SSSR count). The number of carbonyl (C=O) groups is 1. The molecule has 0 spiro atoms. The summed E-state index contributed by atoms with van der Waals surface area (Å²) in [4.78, 5) is 13.6. The highest BCUT2D eigenvalue weighted by atomic mass is 32.2. The molecule has 0 aliphatic rings. The number of fused-ring (bicyclic) bond motifs is 1. The molecule has 0 radical (unpaired) electrons. The number of hydrogen-bond acceptors (Lipinski definition) is 2. The van der Waals surface area contributed by atoms with Gasteiger partial charge in [-0.3, -0.25) is 4.79 Å². The third-order valence-corrected chi connectivity index (χ3v) is 4.86. The minimum absolute atomic E-state index is 0.0203. The summed E-state index contributed by atoms with van der Waals surface area (Å²) in [6.45, 7) is 4.00. The van der Waals surface area contributed by atoms with Crippen molar-refractivity contribution in [3.05, 3.63) is 72.3 Å². The zero-order chi connectivity index (χ0) is 16.2. The average Bonchev–Trinajstić information content (AvgIpc) is 2.57. The summed E-state index contributed by atoms with van der Waals surface area (Å²) >= 11 is 1.57. The van der Waals surface area contributed by atoms with E-state index in [9.17, 15) is 4.79 Å². The number of aryl methyl sites for hydroxylation is 1. The number of nitrogens with one attached hydrogen (secondary N) is 1. The third kappa shape index (κ3) is 3.74. The van der Waals surface area contributed by atoms with Crippen molar-refractivity contribution >= 4 is 34.1 Å². The summed E-state index contributed by atoms with van der Waals surface area (Å²) in [5.74, 6) is 0.0203. The molecule has 116 valence electrons. The molecule has 3 aromatic rings. The third-order valence-electron chi connectivity index (χ3n) is 3.75. The van der Waals surface area contributed by atoms with Gasteiger partial charge in [0.15, 0.2) is 0 Å². The van der Waals surface area contributed by atoms with E-state index in [1.807, 2.05) is 37.3 Å². The molecular formula is C20H19NOS. The van der Waals surface area contributed by atoms with Gasteiger partial charge >= 0.3 is 0 Å². The van der Waals surface area contributed by atoms with E-state index in [2.05, 4.69) is 48.6 Å². The van der Waals surface area contributed by atoms with Crippen LogP contribution < -0.4 is 5.32 Å². The molecule has 1 amide bonds. The summed E-state index contributed by atoms with van der Waals surface area (Å²) in [5.41, 5.74) is 2.09. The molecule has 1 atom stereocenters. The van der Waals surface area contributed by atoms with Gasteiger partial charge in [0.1, 0.15) is 0 Å². The fraction of sp³-hybridized carbons (Fsp3) is 0.150. The molecule has 0 aliphatic heterocycles. The fourth-order valence-electron chi connectivity index (χ4n) is 2.44. The van der Waals surface area contributed by atoms with Gasteiger partial charge in [-0.2, -0.15) is 0 Å². The SMILES string of the molecule is Cc1ccc(S[C@@H](C)C(=O)Nc2cccc3ccccc23)cc1. The van der Waals surface area contributed by atoms with E-state index in [1.165, 1.54) is 5.56 Å². The van der Waals surface area contributed by atoms with Gasteiger partial charge in [-0.05, 0) is 37.4 Å². The van der Waals surface area contributed by atoms with Gasteiger partial charge in [-0.25, -0.2) is 0 Å². The maximum Gasteiger partial charge on any atom is 0.237 e. The lowest BCUT2D eigenvalue weighted by Gasteiger charge is -2.13. The molecule has 0 aromatic heterocycles. The Morgan fingerprint density at radius 3 is 2.43 bits per heavy atom. The number of carbonyl (C=O) groups excluding carboxylic acids is 1. The van der Waals surface area contributed by atoms with Gasteiger partial charge < -0.3 is 5.32 Å². The molecule has 2 nitrogen and oxygen atoms in total. The minimum atomic E-state index is -0.156. The molecule has 0 bridgehead atoms. The lowest BCUT2D eigenvalue weighted by molar-refractivity contribution is -0.115. The molecule has 0 saturated heterocycles. The number of hydrogen-bond donors (Lipinski definition) is 1. The Hall–Kier alpha value is -2.26. The maximum atomic E-state index is 12.5. The Kier molecular flexibility index (Phi) is 4.68. The van der Waals surface area contributed by atoms with Crippen LogP contribution in [0.3, 0.4) is 0 Å². The molecule has 1 N–H and O–H groups in total. The van der Waals surface area contributed by atoms with Gasteiger partial charge in [-0.15, -0.1) is 11.8 Å². The summed E-state index contributed by atoms with van der Waals surface area (Å²) < 4.78 is 0. The molecule has 0 saturated carbocycles. The van der Waals surface area contributed by atoms with E-state index < -0.39 is 0 Å². The molecule has 0 aliphatic carbocycles. The molecule has 3 aromatic carbocycles. The second kappa shape index (κ2) is 6.88. The zero-order valence-electron chi connectivity index (χ0n) is 13.2. The average molecular weight is 321 g/mol. The summed E-state index contributed by atoms with van der Waals surface area (Å²) in [6, 6.07) is 22.3. The fourth-order valence-corrected chi connectivity index (χ4v) is 3.31. The highest BCUT2D eigenvalue weighted by Crippen LogP contribution is 2.27. The smallest absolute Gasteiger partial charge is 0.237 e. The Bertz CT molecular complexity index is 821. The first kappa shape index (κ1) is 15.6. The first-order chi connectivity index (χ1) is 11.1. The number of amides is 1. The number of benzene rings is 3. The largest absolute Gasteiger partial charge is 0.325 e. The lowest BCUT2D eigenvalue weighted by atomic mass is 10.1. The van der Waals surface area contributed by atoms with Gasteiger partial charge in [0.25, 0.3) is 0 Å².